The Hall–Kier alpha value is -4.89. The Kier molecular flexibility index (Phi) is 22.4. The second-order valence-corrected chi connectivity index (χ2v) is 20.1. The molecule has 6 atom stereocenters. The van der Waals surface area contributed by atoms with E-state index in [1.54, 1.807) is 41.9 Å². The van der Waals surface area contributed by atoms with Gasteiger partial charge < -0.3 is 38.9 Å². The molecule has 3 aliphatic rings. The quantitative estimate of drug-likeness (QED) is 0.0201. The van der Waals surface area contributed by atoms with E-state index < -0.39 is 28.8 Å². The lowest BCUT2D eigenvalue weighted by Crippen LogP contribution is -2.69. The number of nitrogens with zero attached hydrogens (tertiary/aromatic N) is 3. The number of non-ortho nitro benzene ring substituents is 1. The molecular formula is C56H77N3O10S. The molecule has 1 amide bonds. The zero-order valence-electron chi connectivity index (χ0n) is 41.6. The summed E-state index contributed by atoms with van der Waals surface area (Å²) in [5.41, 5.74) is 3.23. The molecule has 14 heteroatoms. The number of hydrogen-bond acceptors (Lipinski definition) is 12. The third-order valence-electron chi connectivity index (χ3n) is 14.0. The number of carbonyl (C=O) groups is 1. The lowest BCUT2D eigenvalue weighted by atomic mass is 9.55. The van der Waals surface area contributed by atoms with Crippen LogP contribution in [0.2, 0.25) is 0 Å². The normalized spacial score (nSPS) is 21.7. The Morgan fingerprint density at radius 3 is 2.30 bits per heavy atom. The number of nitro benzene ring substituents is 1. The van der Waals surface area contributed by atoms with E-state index in [-0.39, 0.29) is 56.3 Å². The molecule has 0 spiro atoms. The summed E-state index contributed by atoms with van der Waals surface area (Å²) in [5, 5.41) is 36.2. The number of aliphatic hydroxyl groups excluding tert-OH is 2. The van der Waals surface area contributed by atoms with Crippen molar-refractivity contribution in [1.82, 2.24) is 4.90 Å². The minimum atomic E-state index is -1.42. The Bertz CT molecular complexity index is 2140. The van der Waals surface area contributed by atoms with Gasteiger partial charge in [-0.25, -0.2) is 4.79 Å². The van der Waals surface area contributed by atoms with Gasteiger partial charge in [-0.2, -0.15) is 0 Å². The van der Waals surface area contributed by atoms with Crippen LogP contribution >= 0.6 is 11.8 Å². The number of hydrogen-bond donors (Lipinski definition) is 2. The maximum Gasteiger partial charge on any atom is 0.409 e. The molecule has 3 aromatic carbocycles. The van der Waals surface area contributed by atoms with E-state index >= 15 is 0 Å². The van der Waals surface area contributed by atoms with Gasteiger partial charge in [-0.05, 0) is 97.5 Å². The fourth-order valence-corrected chi connectivity index (χ4v) is 11.3. The fourth-order valence-electron chi connectivity index (χ4n) is 10.5. The van der Waals surface area contributed by atoms with Gasteiger partial charge >= 0.3 is 6.09 Å². The van der Waals surface area contributed by atoms with E-state index in [0.29, 0.717) is 43.1 Å². The van der Waals surface area contributed by atoms with Crippen molar-refractivity contribution in [3.05, 3.63) is 118 Å². The summed E-state index contributed by atoms with van der Waals surface area (Å²) in [4.78, 5) is 34.2. The highest BCUT2D eigenvalue weighted by Crippen LogP contribution is 2.62. The molecule has 6 rings (SSSR count). The van der Waals surface area contributed by atoms with Crippen molar-refractivity contribution in [3.8, 4) is 11.5 Å². The molecule has 13 nitrogen and oxygen atoms in total. The molecule has 1 fully saturated rings. The topological polar surface area (TPSA) is 162 Å². The number of allylic oxidation sites excluding steroid dienone is 1. The predicted octanol–water partition coefficient (Wildman–Crippen LogP) is 12.6. The standard InChI is InChI=1S/C56H77N3O10S/c1-4-6-7-8-9-10-11-12-13-21-35-66-55(62)58(3)52-40-50(57-68-41-42-26-28-44(29-27-42)59(63)64)48-38-43(22-17-19-32-60)47(25-18-20-33-61)53-49-39-45(65-36-37-70-46-23-15-14-16-24-46)30-31-51(49)69-56(52,54(48)53)67-34-5-2/h5,14-16,23-24,26-31,38-39,43,47,52-54,60-61H,2,4,6-13,17-22,25,32-37,40-41H2,1,3H3. The Labute approximate surface area is 420 Å². The van der Waals surface area contributed by atoms with E-state index in [1.807, 2.05) is 30.3 Å². The lowest BCUT2D eigenvalue weighted by molar-refractivity contribution is -0.384. The second kappa shape index (κ2) is 28.8. The summed E-state index contributed by atoms with van der Waals surface area (Å²) in [5.74, 6) is 0.101. The smallest absolute Gasteiger partial charge is 0.409 e. The highest BCUT2D eigenvalue weighted by Gasteiger charge is 2.65. The van der Waals surface area contributed by atoms with Gasteiger partial charge in [-0.3, -0.25) is 10.1 Å². The van der Waals surface area contributed by atoms with Crippen LogP contribution in [0.3, 0.4) is 0 Å². The Balaban J connectivity index is 1.36. The minimum Gasteiger partial charge on any atom is -0.493 e. The van der Waals surface area contributed by atoms with Crippen LogP contribution in [-0.2, 0) is 20.9 Å². The summed E-state index contributed by atoms with van der Waals surface area (Å²) in [6.07, 6.45) is 20.0. The molecule has 2 N–H and O–H groups in total. The van der Waals surface area contributed by atoms with E-state index in [9.17, 15) is 25.1 Å². The van der Waals surface area contributed by atoms with Gasteiger partial charge in [-0.15, -0.1) is 18.3 Å². The van der Waals surface area contributed by atoms with Gasteiger partial charge in [0.1, 0.15) is 24.1 Å². The van der Waals surface area contributed by atoms with Gasteiger partial charge in [-0.1, -0.05) is 113 Å². The maximum absolute atomic E-state index is 14.3. The molecule has 0 aromatic heterocycles. The zero-order valence-corrected chi connectivity index (χ0v) is 42.4. The molecule has 0 radical (unpaired) electrons. The number of fused-ring (bicyclic) bond motifs is 2. The summed E-state index contributed by atoms with van der Waals surface area (Å²) in [6.45, 7) is 7.44. The van der Waals surface area contributed by atoms with Crippen molar-refractivity contribution >= 4 is 29.3 Å². The molecule has 2 aliphatic carbocycles. The Morgan fingerprint density at radius 2 is 1.61 bits per heavy atom. The Morgan fingerprint density at radius 1 is 0.914 bits per heavy atom. The monoisotopic (exact) mass is 984 g/mol. The molecule has 1 heterocycles. The lowest BCUT2D eigenvalue weighted by Gasteiger charge is -2.59. The number of aliphatic hydroxyl groups is 2. The third kappa shape index (κ3) is 14.8. The van der Waals surface area contributed by atoms with Gasteiger partial charge in [0.05, 0.1) is 36.4 Å². The van der Waals surface area contributed by atoms with E-state index in [4.69, 9.17) is 28.9 Å². The summed E-state index contributed by atoms with van der Waals surface area (Å²) < 4.78 is 26.8. The number of oxime groups is 1. The number of benzene rings is 3. The summed E-state index contributed by atoms with van der Waals surface area (Å²) in [7, 11) is 1.74. The van der Waals surface area contributed by atoms with Crippen LogP contribution in [0.4, 0.5) is 10.5 Å². The van der Waals surface area contributed by atoms with Crippen molar-refractivity contribution in [2.45, 2.75) is 145 Å². The molecule has 1 saturated carbocycles. The molecule has 1 aliphatic heterocycles. The second-order valence-electron chi connectivity index (χ2n) is 18.9. The number of rotatable bonds is 32. The molecule has 382 valence electrons. The fraction of sp³-hybridized carbons (Fsp3) is 0.571. The van der Waals surface area contributed by atoms with E-state index in [0.717, 1.165) is 67.6 Å². The van der Waals surface area contributed by atoms with Crippen LogP contribution < -0.4 is 9.47 Å². The molecule has 0 saturated heterocycles. The van der Waals surface area contributed by atoms with Gasteiger partial charge in [0.2, 0.25) is 5.79 Å². The first-order valence-electron chi connectivity index (χ1n) is 25.9. The highest BCUT2D eigenvalue weighted by molar-refractivity contribution is 7.99. The van der Waals surface area contributed by atoms with Crippen molar-refractivity contribution < 1.29 is 43.7 Å². The van der Waals surface area contributed by atoms with E-state index in [2.05, 4.69) is 37.8 Å². The first kappa shape index (κ1) is 54.4. The molecule has 0 bridgehead atoms. The molecule has 70 heavy (non-hydrogen) atoms. The van der Waals surface area contributed by atoms with Crippen LogP contribution in [0.25, 0.3) is 0 Å². The first-order valence-corrected chi connectivity index (χ1v) is 26.9. The zero-order chi connectivity index (χ0) is 49.6. The molecular weight excluding hydrogens is 907 g/mol. The molecule has 6 unspecified atom stereocenters. The number of thioether (sulfide) groups is 1. The van der Waals surface area contributed by atoms with Crippen LogP contribution in [-0.4, -0.2) is 89.5 Å². The number of carbonyl (C=O) groups excluding carboxylic acids is 1. The van der Waals surface area contributed by atoms with Crippen LogP contribution in [0.1, 0.15) is 133 Å². The van der Waals surface area contributed by atoms with Crippen molar-refractivity contribution in [2.24, 2.45) is 22.9 Å². The first-order chi connectivity index (χ1) is 34.2. The van der Waals surface area contributed by atoms with Crippen LogP contribution in [0.15, 0.2) is 107 Å². The molecule has 3 aromatic rings. The van der Waals surface area contributed by atoms with E-state index in [1.165, 1.54) is 62.0 Å². The largest absolute Gasteiger partial charge is 0.493 e. The van der Waals surface area contributed by atoms with Gasteiger partial charge in [0.15, 0.2) is 0 Å². The average Bonchev–Trinajstić information content (AvgIpc) is 3.37. The third-order valence-corrected chi connectivity index (χ3v) is 15.0. The van der Waals surface area contributed by atoms with Crippen LogP contribution in [0.5, 0.6) is 11.5 Å². The van der Waals surface area contributed by atoms with Crippen molar-refractivity contribution in [2.75, 3.05) is 45.8 Å². The number of amides is 1. The number of nitro groups is 1. The minimum absolute atomic E-state index is 0.0134. The van der Waals surface area contributed by atoms with Crippen molar-refractivity contribution in [1.29, 1.82) is 0 Å². The van der Waals surface area contributed by atoms with Crippen molar-refractivity contribution in [3.63, 3.8) is 0 Å². The number of likely N-dealkylation sites (N-methyl/N-ethyl adjacent to an activating group) is 1. The van der Waals surface area contributed by atoms with Gasteiger partial charge in [0.25, 0.3) is 5.69 Å². The average molecular weight is 984 g/mol. The maximum atomic E-state index is 14.3. The number of unbranched alkanes of at least 4 members (excludes halogenated alkanes) is 11. The van der Waals surface area contributed by atoms with Crippen LogP contribution in [0, 0.1) is 27.9 Å². The summed E-state index contributed by atoms with van der Waals surface area (Å²) >= 11 is 1.74. The van der Waals surface area contributed by atoms with Gasteiger partial charge in [0, 0.05) is 60.9 Å². The summed E-state index contributed by atoms with van der Waals surface area (Å²) in [6, 6.07) is 21.7. The SMILES string of the molecule is C=CCOC12Oc3ccc(OCCSc4ccccc4)cc3C3C(CCCCO)C(CCCCO)C=C(C(=NOCc4ccc([N+](=O)[O-])cc4)CC1N(C)C(=O)OCCCCCCCCCCCC)C32. The highest BCUT2D eigenvalue weighted by atomic mass is 32.2. The predicted molar refractivity (Wildman–Crippen MR) is 276 cm³/mol. The number of ether oxygens (including phenoxy) is 4.